The zero-order valence-electron chi connectivity index (χ0n) is 69.7. The van der Waals surface area contributed by atoms with Crippen molar-refractivity contribution in [3.63, 3.8) is 0 Å². The highest BCUT2D eigenvalue weighted by atomic mass is 15.2. The van der Waals surface area contributed by atoms with Crippen molar-refractivity contribution >= 4 is 77.7 Å². The van der Waals surface area contributed by atoms with Gasteiger partial charge in [0.1, 0.15) is 24.3 Å². The highest BCUT2D eigenvalue weighted by Gasteiger charge is 2.40. The maximum absolute atomic E-state index is 11.6. The molecule has 0 bridgehead atoms. The highest BCUT2D eigenvalue weighted by Crippen LogP contribution is 2.58. The van der Waals surface area contributed by atoms with Crippen molar-refractivity contribution in [3.8, 4) is 136 Å². The number of para-hydroxylation sites is 6. The van der Waals surface area contributed by atoms with Crippen molar-refractivity contribution in [2.24, 2.45) is 0 Å². The van der Waals surface area contributed by atoms with Gasteiger partial charge < -0.3 is 18.9 Å². The maximum atomic E-state index is 11.6. The number of hydrogen-bond donors (Lipinski definition) is 0. The first-order valence-corrected chi connectivity index (χ1v) is 42.7. The van der Waals surface area contributed by atoms with Crippen LogP contribution in [0, 0.1) is 45.3 Å². The van der Waals surface area contributed by atoms with E-state index in [4.69, 9.17) is 0 Å². The van der Waals surface area contributed by atoms with Gasteiger partial charge in [0, 0.05) is 77.4 Å². The van der Waals surface area contributed by atoms with Gasteiger partial charge in [0.05, 0.1) is 67.1 Å². The normalized spacial score (nSPS) is 12.8. The third-order valence-corrected chi connectivity index (χ3v) is 26.3. The number of benzene rings is 18. The van der Waals surface area contributed by atoms with Crippen LogP contribution in [-0.4, -0.2) is 9.13 Å². The van der Waals surface area contributed by atoms with E-state index < -0.39 is 5.41 Å². The molecule has 0 atom stereocenters. The Labute approximate surface area is 732 Å². The van der Waals surface area contributed by atoms with Crippen molar-refractivity contribution in [3.05, 3.63) is 445 Å². The molecule has 0 radical (unpaired) electrons. The largest absolute Gasteiger partial charge is 0.310 e. The zero-order chi connectivity index (χ0) is 85.1. The second-order valence-electron chi connectivity index (χ2n) is 33.8. The summed E-state index contributed by atoms with van der Waals surface area (Å²) >= 11 is 0. The number of hydrogen-bond acceptors (Lipinski definition) is 6. The predicted octanol–water partition coefficient (Wildman–Crippen LogP) is 30.6. The molecule has 0 N–H and O–H groups in total. The second-order valence-corrected chi connectivity index (χ2v) is 33.8. The van der Waals surface area contributed by atoms with Gasteiger partial charge in [-0.3, -0.25) is 0 Å². The molecule has 590 valence electrons. The smallest absolute Gasteiger partial charge is 0.101 e. The fourth-order valence-electron chi connectivity index (χ4n) is 20.5. The lowest BCUT2D eigenvalue weighted by Crippen LogP contribution is -2.30. The molecule has 0 unspecified atom stereocenters. The Morgan fingerprint density at radius 1 is 0.190 bits per heavy atom. The first-order chi connectivity index (χ1) is 61.9. The molecule has 0 aliphatic carbocycles. The Morgan fingerprint density at radius 3 is 0.762 bits per heavy atom. The van der Waals surface area contributed by atoms with Crippen LogP contribution in [0.15, 0.2) is 400 Å². The molecule has 2 aliphatic rings. The molecular weight excluding hydrogens is 1530 g/mol. The number of aromatic nitrogens is 2. The van der Waals surface area contributed by atoms with E-state index in [9.17, 15) is 21.0 Å². The van der Waals surface area contributed by atoms with Gasteiger partial charge in [0.15, 0.2) is 0 Å². The monoisotopic (exact) mass is 1610 g/mol. The third-order valence-electron chi connectivity index (χ3n) is 26.3. The third kappa shape index (κ3) is 11.8. The quantitative estimate of drug-likeness (QED) is 0.114. The van der Waals surface area contributed by atoms with Crippen LogP contribution in [0.25, 0.3) is 155 Å². The van der Waals surface area contributed by atoms with Gasteiger partial charge >= 0.3 is 0 Å². The van der Waals surface area contributed by atoms with Gasteiger partial charge in [-0.05, 0) is 209 Å². The summed E-state index contributed by atoms with van der Waals surface area (Å²) in [7, 11) is 0. The number of fused-ring (bicyclic) bond motifs is 10. The molecule has 2 aliphatic heterocycles. The first-order valence-electron chi connectivity index (χ1n) is 42.7. The minimum Gasteiger partial charge on any atom is -0.310 e. The van der Waals surface area contributed by atoms with Crippen LogP contribution < -0.4 is 9.80 Å². The molecule has 8 nitrogen and oxygen atoms in total. The molecule has 0 fully saturated rings. The lowest BCUT2D eigenvalue weighted by atomic mass is 9.73. The molecule has 0 amide bonds. The van der Waals surface area contributed by atoms with E-state index in [1.165, 1.54) is 33.0 Å². The van der Waals surface area contributed by atoms with Crippen molar-refractivity contribution in [2.45, 2.75) is 38.5 Å². The Hall–Kier alpha value is -16.9. The molecule has 0 saturated heterocycles. The van der Waals surface area contributed by atoms with Crippen molar-refractivity contribution in [1.82, 2.24) is 9.13 Å². The maximum Gasteiger partial charge on any atom is 0.101 e. The topological polar surface area (TPSA) is 112 Å². The average Bonchev–Trinajstić information content (AvgIpc) is 0.956. The fraction of sp³-hybridized carbons (Fsp3) is 0.0508. The summed E-state index contributed by atoms with van der Waals surface area (Å²) in [6.07, 6.45) is 0. The average molecular weight is 1610 g/mol. The Balaban J connectivity index is 0.656. The summed E-state index contributed by atoms with van der Waals surface area (Å²) in [5.74, 6) is 0. The number of anilines is 6. The van der Waals surface area contributed by atoms with E-state index >= 15 is 0 Å². The van der Waals surface area contributed by atoms with Gasteiger partial charge in [0.2, 0.25) is 0 Å². The Kier molecular flexibility index (Phi) is 18.0. The summed E-state index contributed by atoms with van der Waals surface area (Å²) in [6.45, 7) is 9.28. The summed E-state index contributed by atoms with van der Waals surface area (Å²) in [6, 6.07) is 151. The SMILES string of the molecule is CC1(C)c2ccccc2N(c2ccc(-c3c(-c4ccccc4)c(C#N)c(C#N)c(-c4ccccc4)c3-c3ccc(N4c5ccccc5C(C)(C)c5cc(-c6ccc7c(c6)c6ccccc6n7-c6ccc(-c7c(-c8ccccc8)c(C#N)c(C#N)c(-c8ccccc8)c7-c7ccc(-n8c9ccccc9c9ccccc98)cc7)cc6)ccc54)cc3)cc2)c2ccccc21. The Morgan fingerprint density at radius 2 is 0.429 bits per heavy atom. The standard InChI is InChI=1S/C118H78N8/c1-117(2)97-40-20-26-46-105(97)125(106-47-27-21-41-98(106)117)87-63-53-81(54-64-87)115-111(77-33-13-7-14-34-77)95(73-121)96(74-122)112(78-35-15-8-16-36-78)116(115)82-55-65-88(66-56-82)126-107-48-28-22-42-99(107)118(3,4)100-70-84(58-68-108(100)126)83-57-67-104-92(69-83)91-39-19-25-45-103(91)124(104)86-61-51-80(52-62-86)114-110(76-31-11-6-12-32-76)94(72-120)93(71-119)109(75-29-9-5-10-30-75)113(114)79-49-59-85(60-50-79)123-101-43-23-17-37-89(101)90-38-18-24-44-102(90)123/h5-70H,1-4H3. The lowest BCUT2D eigenvalue weighted by Gasteiger charge is -2.42. The minimum atomic E-state index is -0.431. The number of rotatable bonds is 13. The molecule has 0 spiro atoms. The molecule has 0 saturated carbocycles. The van der Waals surface area contributed by atoms with Crippen LogP contribution >= 0.6 is 0 Å². The summed E-state index contributed by atoms with van der Waals surface area (Å²) in [5, 5.41) is 50.8. The molecule has 4 heterocycles. The van der Waals surface area contributed by atoms with Crippen LogP contribution in [0.3, 0.4) is 0 Å². The fourth-order valence-corrected chi connectivity index (χ4v) is 20.5. The second kappa shape index (κ2) is 30.1. The van der Waals surface area contributed by atoms with E-state index in [2.05, 4.69) is 350 Å². The summed E-state index contributed by atoms with van der Waals surface area (Å²) in [4.78, 5) is 4.77. The van der Waals surface area contributed by atoms with Gasteiger partial charge in [-0.2, -0.15) is 21.0 Å². The van der Waals surface area contributed by atoms with Gasteiger partial charge in [-0.1, -0.05) is 319 Å². The predicted molar refractivity (Wildman–Crippen MR) is 517 cm³/mol. The van der Waals surface area contributed by atoms with Crippen LogP contribution in [0.5, 0.6) is 0 Å². The summed E-state index contributed by atoms with van der Waals surface area (Å²) in [5.41, 5.74) is 33.5. The molecule has 8 heteroatoms. The van der Waals surface area contributed by atoms with E-state index in [1.54, 1.807) is 0 Å². The van der Waals surface area contributed by atoms with Gasteiger partial charge in [-0.25, -0.2) is 0 Å². The van der Waals surface area contributed by atoms with E-state index in [1.807, 2.05) is 121 Å². The molecule has 22 rings (SSSR count). The number of nitrogens with zero attached hydrogens (tertiary/aromatic N) is 8. The molecular formula is C118H78N8. The van der Waals surface area contributed by atoms with E-state index in [-0.39, 0.29) is 5.41 Å². The summed E-state index contributed by atoms with van der Waals surface area (Å²) < 4.78 is 4.68. The molecule has 18 aromatic carbocycles. The number of nitriles is 4. The van der Waals surface area contributed by atoms with Crippen LogP contribution in [0.1, 0.15) is 72.2 Å². The first kappa shape index (κ1) is 75.3. The van der Waals surface area contributed by atoms with Gasteiger partial charge in [-0.15, -0.1) is 0 Å². The van der Waals surface area contributed by atoms with Gasteiger partial charge in [0.25, 0.3) is 0 Å². The minimum absolute atomic E-state index is 0.231. The van der Waals surface area contributed by atoms with Crippen molar-refractivity contribution in [1.29, 1.82) is 21.0 Å². The van der Waals surface area contributed by atoms with Crippen LogP contribution in [0.4, 0.5) is 34.1 Å². The van der Waals surface area contributed by atoms with E-state index in [0.29, 0.717) is 44.5 Å². The molecule has 2 aromatic heterocycles. The zero-order valence-corrected chi connectivity index (χ0v) is 69.7. The van der Waals surface area contributed by atoms with Crippen LogP contribution in [0.2, 0.25) is 0 Å². The lowest BCUT2D eigenvalue weighted by molar-refractivity contribution is 0.632. The Bertz CT molecular complexity index is 7910. The van der Waals surface area contributed by atoms with Crippen molar-refractivity contribution in [2.75, 3.05) is 9.80 Å². The van der Waals surface area contributed by atoms with Crippen molar-refractivity contribution < 1.29 is 0 Å². The van der Waals surface area contributed by atoms with Crippen LogP contribution in [-0.2, 0) is 10.8 Å². The molecule has 20 aromatic rings. The highest BCUT2D eigenvalue weighted by molar-refractivity contribution is 6.13. The van der Waals surface area contributed by atoms with E-state index in [0.717, 1.165) is 156 Å². The molecule has 126 heavy (non-hydrogen) atoms.